The Balaban J connectivity index is 0.755. The van der Waals surface area contributed by atoms with Gasteiger partial charge in [0.15, 0.2) is 11.6 Å². The highest BCUT2D eigenvalue weighted by Gasteiger charge is 2.42. The summed E-state index contributed by atoms with van der Waals surface area (Å²) >= 11 is 0. The number of phenols is 1. The van der Waals surface area contributed by atoms with E-state index in [0.717, 1.165) is 100 Å². The molecule has 5 aromatic rings. The standard InChI is InChI=1S/C46H55N9O4/c1-29(2)43(45(57)58-28-30-8-4-3-5-9-30)42-23-38(52-59-42)32-12-14-34(15-13-32)53-20-18-31(19-21-53)33-24-48-46(49-25-33)55-35-16-17-36(55)27-54(26-35)40-22-39(50-51-44(40)47)37-10-6-7-11-41(37)56/h3-11,22-25,29,31-32,34-36,43,56H,12-21,26-28H2,1-2H3,(H2,47,51). The molecule has 0 spiro atoms. The van der Waals surface area contributed by atoms with Crippen LogP contribution in [0.15, 0.2) is 83.6 Å². The van der Waals surface area contributed by atoms with Crippen LogP contribution < -0.4 is 15.5 Å². The summed E-state index contributed by atoms with van der Waals surface area (Å²) in [4.78, 5) is 30.5. The third-order valence-corrected chi connectivity index (χ3v) is 13.3. The Labute approximate surface area is 346 Å². The SMILES string of the molecule is CC(C)C(C(=O)OCc1ccccc1)c1cc(C2CCC(N3CCC(c4cnc(N5C6CCC5CN(c5cc(-c7ccccc7O)nnc5N)C6)nc4)CC3)CC2)no1. The van der Waals surface area contributed by atoms with Crippen molar-refractivity contribution in [3.8, 4) is 17.0 Å². The number of anilines is 3. The summed E-state index contributed by atoms with van der Waals surface area (Å²) in [5.41, 5.74) is 11.6. The summed E-state index contributed by atoms with van der Waals surface area (Å²) in [6.07, 6.45) is 12.9. The van der Waals surface area contributed by atoms with Crippen LogP contribution in [0, 0.1) is 5.92 Å². The van der Waals surface area contributed by atoms with Crippen molar-refractivity contribution >= 4 is 23.4 Å². The summed E-state index contributed by atoms with van der Waals surface area (Å²) < 4.78 is 11.5. The first-order valence-corrected chi connectivity index (χ1v) is 21.5. The van der Waals surface area contributed by atoms with Crippen LogP contribution in [-0.4, -0.2) is 85.6 Å². The average molecular weight is 798 g/mol. The van der Waals surface area contributed by atoms with Crippen LogP contribution in [0.2, 0.25) is 0 Å². The molecule has 13 heteroatoms. The third kappa shape index (κ3) is 8.21. The van der Waals surface area contributed by atoms with Gasteiger partial charge in [0, 0.05) is 61.2 Å². The maximum atomic E-state index is 13.2. The van der Waals surface area contributed by atoms with Gasteiger partial charge in [0.05, 0.1) is 17.1 Å². The number of hydrogen-bond acceptors (Lipinski definition) is 13. The Kier molecular flexibility index (Phi) is 11.2. The second kappa shape index (κ2) is 17.0. The van der Waals surface area contributed by atoms with Gasteiger partial charge in [-0.15, -0.1) is 10.2 Å². The molecule has 2 aromatic carbocycles. The van der Waals surface area contributed by atoms with Gasteiger partial charge in [-0.25, -0.2) is 9.97 Å². The number of hydrogen-bond donors (Lipinski definition) is 2. The van der Waals surface area contributed by atoms with E-state index in [1.807, 2.05) is 68.4 Å². The first-order valence-electron chi connectivity index (χ1n) is 21.5. The zero-order valence-electron chi connectivity index (χ0n) is 34.1. The lowest BCUT2D eigenvalue weighted by atomic mass is 9.81. The molecule has 9 rings (SSSR count). The van der Waals surface area contributed by atoms with Crippen molar-refractivity contribution in [3.05, 3.63) is 102 Å². The third-order valence-electron chi connectivity index (χ3n) is 13.3. The molecule has 0 amide bonds. The molecule has 4 fully saturated rings. The van der Waals surface area contributed by atoms with E-state index in [4.69, 9.17) is 25.0 Å². The Morgan fingerprint density at radius 1 is 0.847 bits per heavy atom. The van der Waals surface area contributed by atoms with Gasteiger partial charge in [0.25, 0.3) is 0 Å². The average Bonchev–Trinajstić information content (AvgIpc) is 3.85. The van der Waals surface area contributed by atoms with Crippen molar-refractivity contribution in [1.29, 1.82) is 0 Å². The van der Waals surface area contributed by atoms with E-state index in [1.165, 1.54) is 5.56 Å². The predicted octanol–water partition coefficient (Wildman–Crippen LogP) is 7.46. The summed E-state index contributed by atoms with van der Waals surface area (Å²) in [5.74, 6) is 2.08. The molecule has 3 aliphatic heterocycles. The number of aromatic hydroxyl groups is 1. The quantitative estimate of drug-likeness (QED) is 0.127. The van der Waals surface area contributed by atoms with Crippen LogP contribution in [0.4, 0.5) is 17.5 Å². The highest BCUT2D eigenvalue weighted by atomic mass is 16.5. The number of para-hydroxylation sites is 1. The molecule has 3 N–H and O–H groups in total. The fraction of sp³-hybridized carbons (Fsp3) is 0.478. The number of rotatable bonds is 11. The van der Waals surface area contributed by atoms with Crippen LogP contribution in [-0.2, 0) is 16.1 Å². The lowest BCUT2D eigenvalue weighted by molar-refractivity contribution is -0.148. The smallest absolute Gasteiger partial charge is 0.317 e. The first kappa shape index (κ1) is 38.9. The van der Waals surface area contributed by atoms with Crippen molar-refractivity contribution in [2.45, 2.75) is 108 Å². The number of piperazine rings is 1. The Bertz CT molecular complexity index is 2190. The highest BCUT2D eigenvalue weighted by molar-refractivity contribution is 5.78. The molecular weight excluding hydrogens is 743 g/mol. The van der Waals surface area contributed by atoms with E-state index < -0.39 is 5.92 Å². The molecule has 13 nitrogen and oxygen atoms in total. The molecule has 3 atom stereocenters. The van der Waals surface area contributed by atoms with Gasteiger partial charge in [-0.1, -0.05) is 61.5 Å². The lowest BCUT2D eigenvalue weighted by Crippen LogP contribution is -2.54. The number of carbonyl (C=O) groups excluding carboxylic acids is 1. The number of phenolic OH excluding ortho intramolecular Hbond substituents is 1. The van der Waals surface area contributed by atoms with Crippen molar-refractivity contribution < 1.29 is 19.2 Å². The molecule has 1 aliphatic carbocycles. The number of aromatic nitrogens is 5. The monoisotopic (exact) mass is 797 g/mol. The molecular formula is C46H55N9O4. The molecule has 3 unspecified atom stereocenters. The zero-order chi connectivity index (χ0) is 40.5. The van der Waals surface area contributed by atoms with Crippen molar-refractivity contribution in [2.24, 2.45) is 5.92 Å². The fourth-order valence-corrected chi connectivity index (χ4v) is 10.1. The van der Waals surface area contributed by atoms with Gasteiger partial charge < -0.3 is 34.8 Å². The van der Waals surface area contributed by atoms with E-state index in [9.17, 15) is 9.90 Å². The molecule has 59 heavy (non-hydrogen) atoms. The minimum atomic E-state index is -0.478. The number of nitrogens with two attached hydrogens (primary N) is 1. The Morgan fingerprint density at radius 2 is 1.53 bits per heavy atom. The van der Waals surface area contributed by atoms with Crippen LogP contribution in [0.5, 0.6) is 5.75 Å². The number of benzene rings is 2. The van der Waals surface area contributed by atoms with Gasteiger partial charge in [-0.05, 0) is 106 Å². The minimum Gasteiger partial charge on any atom is -0.507 e. The summed E-state index contributed by atoms with van der Waals surface area (Å²) in [5, 5.41) is 23.4. The first-order chi connectivity index (χ1) is 28.8. The number of carbonyl (C=O) groups is 1. The Hall–Kier alpha value is -5.56. The van der Waals surface area contributed by atoms with E-state index in [-0.39, 0.29) is 36.3 Å². The van der Waals surface area contributed by atoms with Crippen LogP contribution in [0.3, 0.4) is 0 Å². The predicted molar refractivity (Wildman–Crippen MR) is 226 cm³/mol. The fourth-order valence-electron chi connectivity index (χ4n) is 10.1. The molecule has 0 radical (unpaired) electrons. The minimum absolute atomic E-state index is 0.0318. The van der Waals surface area contributed by atoms with Gasteiger partial charge >= 0.3 is 5.97 Å². The largest absolute Gasteiger partial charge is 0.507 e. The molecule has 2 bridgehead atoms. The molecule has 3 saturated heterocycles. The molecule has 6 heterocycles. The Morgan fingerprint density at radius 3 is 2.22 bits per heavy atom. The van der Waals surface area contributed by atoms with Gasteiger partial charge in [-0.2, -0.15) is 0 Å². The number of esters is 1. The van der Waals surface area contributed by atoms with Crippen molar-refractivity contribution in [2.75, 3.05) is 41.7 Å². The van der Waals surface area contributed by atoms with Crippen LogP contribution >= 0.6 is 0 Å². The van der Waals surface area contributed by atoms with Crippen molar-refractivity contribution in [1.82, 2.24) is 30.2 Å². The summed E-state index contributed by atoms with van der Waals surface area (Å²) in [7, 11) is 0. The number of ether oxygens (including phenoxy) is 1. The maximum absolute atomic E-state index is 13.2. The van der Waals surface area contributed by atoms with Gasteiger partial charge in [0.2, 0.25) is 5.95 Å². The van der Waals surface area contributed by atoms with E-state index in [1.54, 1.807) is 12.1 Å². The molecule has 308 valence electrons. The second-order valence-corrected chi connectivity index (χ2v) is 17.3. The maximum Gasteiger partial charge on any atom is 0.317 e. The van der Waals surface area contributed by atoms with E-state index in [2.05, 4.69) is 42.4 Å². The molecule has 1 saturated carbocycles. The molecule has 3 aromatic heterocycles. The van der Waals surface area contributed by atoms with Crippen LogP contribution in [0.25, 0.3) is 11.3 Å². The number of fused-ring (bicyclic) bond motifs is 2. The highest BCUT2D eigenvalue weighted by Crippen LogP contribution is 2.40. The topological polar surface area (TPSA) is 160 Å². The van der Waals surface area contributed by atoms with Gasteiger partial charge in [-0.3, -0.25) is 4.79 Å². The lowest BCUT2D eigenvalue weighted by Gasteiger charge is -2.42. The normalized spacial score (nSPS) is 23.1. The van der Waals surface area contributed by atoms with E-state index in [0.29, 0.717) is 40.7 Å². The zero-order valence-corrected chi connectivity index (χ0v) is 34.1. The summed E-state index contributed by atoms with van der Waals surface area (Å²) in [6, 6.07) is 22.0. The van der Waals surface area contributed by atoms with Crippen LogP contribution in [0.1, 0.15) is 106 Å². The van der Waals surface area contributed by atoms with E-state index >= 15 is 0 Å². The number of nitrogen functional groups attached to an aromatic ring is 1. The molecule has 4 aliphatic rings. The summed E-state index contributed by atoms with van der Waals surface area (Å²) in [6.45, 7) is 8.06. The second-order valence-electron chi connectivity index (χ2n) is 17.3. The number of nitrogens with zero attached hydrogens (tertiary/aromatic N) is 8. The number of likely N-dealkylation sites (tertiary alicyclic amines) is 1. The van der Waals surface area contributed by atoms with Gasteiger partial charge in [0.1, 0.15) is 18.3 Å². The van der Waals surface area contributed by atoms with Crippen molar-refractivity contribution in [3.63, 3.8) is 0 Å². The number of piperidine rings is 1.